The van der Waals surface area contributed by atoms with Crippen molar-refractivity contribution in [2.24, 2.45) is 0 Å². The van der Waals surface area contributed by atoms with Gasteiger partial charge in [0.1, 0.15) is 5.75 Å². The summed E-state index contributed by atoms with van der Waals surface area (Å²) in [6.45, 7) is 4.44. The smallest absolute Gasteiger partial charge is 0.338 e. The molecule has 1 rings (SSSR count). The van der Waals surface area contributed by atoms with E-state index in [0.29, 0.717) is 30.9 Å². The van der Waals surface area contributed by atoms with Gasteiger partial charge in [-0.25, -0.2) is 4.79 Å². The van der Waals surface area contributed by atoms with Crippen molar-refractivity contribution in [2.75, 3.05) is 20.3 Å². The molecule has 0 bridgehead atoms. The van der Waals surface area contributed by atoms with Crippen molar-refractivity contribution in [3.05, 3.63) is 29.3 Å². The maximum absolute atomic E-state index is 11.9. The van der Waals surface area contributed by atoms with Crippen LogP contribution in [0.3, 0.4) is 0 Å². The van der Waals surface area contributed by atoms with Crippen LogP contribution in [0.25, 0.3) is 0 Å². The first kappa shape index (κ1) is 16.0. The number of methoxy groups -OCH3 is 1. The number of carbonyl (C=O) groups is 2. The van der Waals surface area contributed by atoms with Gasteiger partial charge in [0.15, 0.2) is 0 Å². The number of ether oxygens (including phenoxy) is 3. The van der Waals surface area contributed by atoms with Crippen LogP contribution in [0.1, 0.15) is 36.2 Å². The summed E-state index contributed by atoms with van der Waals surface area (Å²) in [5.74, 6) is -0.111. The molecule has 0 heterocycles. The second kappa shape index (κ2) is 8.19. The first-order valence-corrected chi connectivity index (χ1v) is 6.62. The Morgan fingerprint density at radius 3 is 2.50 bits per heavy atom. The largest absolute Gasteiger partial charge is 0.494 e. The van der Waals surface area contributed by atoms with E-state index in [4.69, 9.17) is 9.47 Å². The Labute approximate surface area is 118 Å². The Bertz CT molecular complexity index is 467. The summed E-state index contributed by atoms with van der Waals surface area (Å²) in [7, 11) is 1.34. The molecule has 20 heavy (non-hydrogen) atoms. The predicted octanol–water partition coefficient (Wildman–Crippen LogP) is 2.37. The minimum absolute atomic E-state index is 0.219. The van der Waals surface area contributed by atoms with Gasteiger partial charge in [0, 0.05) is 6.42 Å². The van der Waals surface area contributed by atoms with Crippen molar-refractivity contribution in [1.82, 2.24) is 0 Å². The molecule has 0 saturated carbocycles. The zero-order valence-corrected chi connectivity index (χ0v) is 12.1. The van der Waals surface area contributed by atoms with Crippen LogP contribution in [-0.2, 0) is 20.7 Å². The van der Waals surface area contributed by atoms with Crippen LogP contribution in [0.15, 0.2) is 18.2 Å². The van der Waals surface area contributed by atoms with Gasteiger partial charge in [-0.05, 0) is 38.0 Å². The van der Waals surface area contributed by atoms with E-state index < -0.39 is 5.97 Å². The number of aryl methyl sites for hydroxylation is 1. The van der Waals surface area contributed by atoms with Crippen molar-refractivity contribution in [3.8, 4) is 5.75 Å². The molecular formula is C15H20O5. The molecule has 5 heteroatoms. The summed E-state index contributed by atoms with van der Waals surface area (Å²) in [5, 5.41) is 0. The van der Waals surface area contributed by atoms with Gasteiger partial charge < -0.3 is 14.2 Å². The van der Waals surface area contributed by atoms with Crippen LogP contribution >= 0.6 is 0 Å². The molecule has 0 amide bonds. The zero-order chi connectivity index (χ0) is 15.0. The van der Waals surface area contributed by atoms with Crippen LogP contribution in [-0.4, -0.2) is 32.3 Å². The molecule has 5 nitrogen and oxygen atoms in total. The van der Waals surface area contributed by atoms with Gasteiger partial charge >= 0.3 is 11.9 Å². The monoisotopic (exact) mass is 280 g/mol. The van der Waals surface area contributed by atoms with E-state index in [2.05, 4.69) is 4.74 Å². The second-order valence-electron chi connectivity index (χ2n) is 4.05. The highest BCUT2D eigenvalue weighted by molar-refractivity contribution is 5.91. The molecule has 0 aromatic heterocycles. The normalized spacial score (nSPS) is 9.95. The summed E-state index contributed by atoms with van der Waals surface area (Å²) in [5.41, 5.74) is 1.18. The van der Waals surface area contributed by atoms with E-state index in [9.17, 15) is 9.59 Å². The zero-order valence-electron chi connectivity index (χ0n) is 12.1. The fourth-order valence-electron chi connectivity index (χ4n) is 1.77. The van der Waals surface area contributed by atoms with Gasteiger partial charge in [-0.15, -0.1) is 0 Å². The lowest BCUT2D eigenvalue weighted by Crippen LogP contribution is -2.10. The maximum atomic E-state index is 11.9. The molecular weight excluding hydrogens is 260 g/mol. The van der Waals surface area contributed by atoms with Crippen molar-refractivity contribution >= 4 is 11.9 Å². The quantitative estimate of drug-likeness (QED) is 0.717. The fourth-order valence-corrected chi connectivity index (χ4v) is 1.77. The van der Waals surface area contributed by atoms with Crippen molar-refractivity contribution < 1.29 is 23.8 Å². The van der Waals surface area contributed by atoms with Gasteiger partial charge in [-0.3, -0.25) is 4.79 Å². The minimum atomic E-state index is -0.408. The summed E-state index contributed by atoms with van der Waals surface area (Å²) >= 11 is 0. The first-order chi connectivity index (χ1) is 9.62. The summed E-state index contributed by atoms with van der Waals surface area (Å²) in [6.07, 6.45) is 0.643. The fraction of sp³-hybridized carbons (Fsp3) is 0.467. The van der Waals surface area contributed by atoms with Crippen LogP contribution in [0.4, 0.5) is 0 Å². The number of carbonyl (C=O) groups excluding carboxylic acids is 2. The summed E-state index contributed by atoms with van der Waals surface area (Å²) < 4.78 is 15.0. The van der Waals surface area contributed by atoms with Crippen molar-refractivity contribution in [3.63, 3.8) is 0 Å². The topological polar surface area (TPSA) is 61.8 Å². The number of esters is 2. The lowest BCUT2D eigenvalue weighted by atomic mass is 10.0. The van der Waals surface area contributed by atoms with E-state index in [-0.39, 0.29) is 12.4 Å². The Balaban J connectivity index is 2.95. The molecule has 0 N–H and O–H groups in total. The highest BCUT2D eigenvalue weighted by atomic mass is 16.5. The molecule has 0 aliphatic heterocycles. The second-order valence-corrected chi connectivity index (χ2v) is 4.05. The van der Waals surface area contributed by atoms with Crippen molar-refractivity contribution in [1.29, 1.82) is 0 Å². The first-order valence-electron chi connectivity index (χ1n) is 6.62. The predicted molar refractivity (Wildman–Crippen MR) is 73.9 cm³/mol. The SMILES string of the molecule is CCOC(=O)c1cc(OCC)ccc1CCC(=O)OC. The number of hydrogen-bond acceptors (Lipinski definition) is 5. The molecule has 0 unspecified atom stereocenters. The number of rotatable bonds is 7. The van der Waals surface area contributed by atoms with E-state index in [1.54, 1.807) is 25.1 Å². The van der Waals surface area contributed by atoms with E-state index in [0.717, 1.165) is 5.56 Å². The van der Waals surface area contributed by atoms with E-state index >= 15 is 0 Å². The third kappa shape index (κ3) is 4.57. The molecule has 0 fully saturated rings. The van der Waals surface area contributed by atoms with Gasteiger partial charge in [-0.2, -0.15) is 0 Å². The van der Waals surface area contributed by atoms with Crippen LogP contribution < -0.4 is 4.74 Å². The van der Waals surface area contributed by atoms with Gasteiger partial charge in [0.25, 0.3) is 0 Å². The van der Waals surface area contributed by atoms with Gasteiger partial charge in [0.05, 0.1) is 25.9 Å². The van der Waals surface area contributed by atoms with Crippen LogP contribution in [0, 0.1) is 0 Å². The minimum Gasteiger partial charge on any atom is -0.494 e. The third-order valence-electron chi connectivity index (χ3n) is 2.71. The third-order valence-corrected chi connectivity index (χ3v) is 2.71. The Hall–Kier alpha value is -2.04. The molecule has 0 atom stereocenters. The van der Waals surface area contributed by atoms with Crippen molar-refractivity contribution in [2.45, 2.75) is 26.7 Å². The average molecular weight is 280 g/mol. The summed E-state index contributed by atoms with van der Waals surface area (Å²) in [4.78, 5) is 23.1. The molecule has 0 spiro atoms. The average Bonchev–Trinajstić information content (AvgIpc) is 2.46. The summed E-state index contributed by atoms with van der Waals surface area (Å²) in [6, 6.07) is 5.20. The Morgan fingerprint density at radius 2 is 1.90 bits per heavy atom. The molecule has 1 aromatic carbocycles. The lowest BCUT2D eigenvalue weighted by Gasteiger charge is -2.11. The Kier molecular flexibility index (Phi) is 6.56. The number of hydrogen-bond donors (Lipinski definition) is 0. The van der Waals surface area contributed by atoms with Gasteiger partial charge in [-0.1, -0.05) is 6.07 Å². The van der Waals surface area contributed by atoms with E-state index in [1.807, 2.05) is 6.92 Å². The molecule has 0 aliphatic rings. The van der Waals surface area contributed by atoms with Crippen LogP contribution in [0.2, 0.25) is 0 Å². The highest BCUT2D eigenvalue weighted by Gasteiger charge is 2.15. The molecule has 110 valence electrons. The molecule has 0 saturated heterocycles. The van der Waals surface area contributed by atoms with Gasteiger partial charge in [0.2, 0.25) is 0 Å². The lowest BCUT2D eigenvalue weighted by molar-refractivity contribution is -0.140. The Morgan fingerprint density at radius 1 is 1.15 bits per heavy atom. The molecule has 1 aromatic rings. The standard InChI is InChI=1S/C15H20O5/c1-4-19-12-8-6-11(7-9-14(16)18-3)13(10-12)15(17)20-5-2/h6,8,10H,4-5,7,9H2,1-3H3. The highest BCUT2D eigenvalue weighted by Crippen LogP contribution is 2.20. The molecule has 0 aliphatic carbocycles. The number of benzene rings is 1. The van der Waals surface area contributed by atoms with Crippen LogP contribution in [0.5, 0.6) is 5.75 Å². The maximum Gasteiger partial charge on any atom is 0.338 e. The van der Waals surface area contributed by atoms with E-state index in [1.165, 1.54) is 7.11 Å². The molecule has 0 radical (unpaired) electrons.